The summed E-state index contributed by atoms with van der Waals surface area (Å²) in [5.41, 5.74) is 10.8. The topological polar surface area (TPSA) is 72.3 Å². The molecule has 0 unspecified atom stereocenters. The van der Waals surface area contributed by atoms with Gasteiger partial charge < -0.3 is 16.6 Å². The van der Waals surface area contributed by atoms with Crippen molar-refractivity contribution in [3.05, 3.63) is 28.0 Å². The van der Waals surface area contributed by atoms with E-state index in [4.69, 9.17) is 11.5 Å². The van der Waals surface area contributed by atoms with Crippen LogP contribution in [-0.2, 0) is 0 Å². The number of hydrogen-bond acceptors (Lipinski definition) is 3. The molecule has 0 radical (unpaired) electrons. The molecule has 0 aliphatic heterocycles. The molecule has 0 aliphatic carbocycles. The highest BCUT2D eigenvalue weighted by atomic mass is 79.9. The second kappa shape index (κ2) is 5.50. The lowest BCUT2D eigenvalue weighted by atomic mass is 10.1. The van der Waals surface area contributed by atoms with E-state index in [2.05, 4.69) is 15.9 Å². The van der Waals surface area contributed by atoms with Crippen LogP contribution in [0.3, 0.4) is 0 Å². The molecular weight excluding hydrogens is 274 g/mol. The summed E-state index contributed by atoms with van der Waals surface area (Å²) in [6, 6.07) is 1.96. The zero-order valence-electron chi connectivity index (χ0n) is 7.21. The van der Waals surface area contributed by atoms with Crippen molar-refractivity contribution < 1.29 is 9.50 Å². The molecule has 6 heteroatoms. The van der Waals surface area contributed by atoms with Crippen molar-refractivity contribution in [1.82, 2.24) is 0 Å². The predicted octanol–water partition coefficient (Wildman–Crippen LogP) is 1.67. The summed E-state index contributed by atoms with van der Waals surface area (Å²) in [5, 5.41) is 9.46. The van der Waals surface area contributed by atoms with Crippen LogP contribution in [0.25, 0.3) is 0 Å². The van der Waals surface area contributed by atoms with Crippen molar-refractivity contribution in [2.45, 2.75) is 6.04 Å². The van der Waals surface area contributed by atoms with Crippen LogP contribution in [0.2, 0.25) is 0 Å². The molecule has 1 rings (SSSR count). The number of halogens is 3. The molecule has 1 aromatic rings. The number of phenols is 1. The maximum absolute atomic E-state index is 13.2. The van der Waals surface area contributed by atoms with Gasteiger partial charge in [-0.15, -0.1) is 12.4 Å². The van der Waals surface area contributed by atoms with E-state index in [1.807, 2.05) is 0 Å². The van der Waals surface area contributed by atoms with Gasteiger partial charge in [-0.2, -0.15) is 0 Å². The Morgan fingerprint density at radius 2 is 2.07 bits per heavy atom. The molecule has 0 aliphatic rings. The summed E-state index contributed by atoms with van der Waals surface area (Å²) in [6.07, 6.45) is 0. The van der Waals surface area contributed by atoms with E-state index in [0.29, 0.717) is 4.47 Å². The van der Waals surface area contributed by atoms with E-state index in [1.54, 1.807) is 0 Å². The van der Waals surface area contributed by atoms with Gasteiger partial charge in [0.1, 0.15) is 11.6 Å². The molecule has 0 fully saturated rings. The Morgan fingerprint density at radius 1 is 1.50 bits per heavy atom. The predicted molar refractivity (Wildman–Crippen MR) is 59.0 cm³/mol. The number of aromatic hydroxyl groups is 1. The molecule has 0 amide bonds. The molecule has 0 heterocycles. The Balaban J connectivity index is 0.00000169. The van der Waals surface area contributed by atoms with Gasteiger partial charge in [0, 0.05) is 18.2 Å². The normalized spacial score (nSPS) is 12.0. The molecule has 5 N–H and O–H groups in total. The standard InChI is InChI=1S/C8H10BrFN2O.ClH/c9-4-1-2-5(10)7(8(4)13)6(12)3-11;/h1-2,6,13H,3,11-12H2;1H/t6-;/m0./s1. The molecule has 0 saturated carbocycles. The number of rotatable bonds is 2. The highest BCUT2D eigenvalue weighted by molar-refractivity contribution is 9.10. The smallest absolute Gasteiger partial charge is 0.137 e. The maximum Gasteiger partial charge on any atom is 0.137 e. The molecule has 0 aromatic heterocycles. The zero-order chi connectivity index (χ0) is 10.0. The van der Waals surface area contributed by atoms with E-state index >= 15 is 0 Å². The summed E-state index contributed by atoms with van der Waals surface area (Å²) in [5.74, 6) is -0.725. The fraction of sp³-hybridized carbons (Fsp3) is 0.250. The first-order chi connectivity index (χ1) is 6.07. The first-order valence-corrected chi connectivity index (χ1v) is 4.49. The Morgan fingerprint density at radius 3 is 2.57 bits per heavy atom. The highest BCUT2D eigenvalue weighted by Gasteiger charge is 2.16. The number of nitrogens with two attached hydrogens (primary N) is 2. The summed E-state index contributed by atoms with van der Waals surface area (Å²) in [7, 11) is 0. The Bertz CT molecular complexity index is 324. The van der Waals surface area contributed by atoms with E-state index in [-0.39, 0.29) is 30.3 Å². The SMILES string of the molecule is Cl.NC[C@H](N)c1c(F)ccc(Br)c1O. The number of phenolic OH excluding ortho intramolecular Hbond substituents is 1. The quantitative estimate of drug-likeness (QED) is 0.774. The van der Waals surface area contributed by atoms with Gasteiger partial charge in [0.2, 0.25) is 0 Å². The number of hydrogen-bond donors (Lipinski definition) is 3. The third-order valence-corrected chi connectivity index (χ3v) is 2.38. The maximum atomic E-state index is 13.2. The molecule has 0 saturated heterocycles. The number of benzene rings is 1. The van der Waals surface area contributed by atoms with Crippen molar-refractivity contribution in [1.29, 1.82) is 0 Å². The van der Waals surface area contributed by atoms with Crippen LogP contribution in [0, 0.1) is 5.82 Å². The van der Waals surface area contributed by atoms with E-state index in [0.717, 1.165) is 0 Å². The Kier molecular flexibility index (Phi) is 5.36. The summed E-state index contributed by atoms with van der Waals surface area (Å²) in [4.78, 5) is 0. The first kappa shape index (κ1) is 13.6. The van der Waals surface area contributed by atoms with Gasteiger partial charge in [-0.05, 0) is 28.1 Å². The molecule has 0 bridgehead atoms. The van der Waals surface area contributed by atoms with Gasteiger partial charge in [-0.1, -0.05) is 0 Å². The minimum absolute atomic E-state index is 0. The fourth-order valence-electron chi connectivity index (χ4n) is 1.03. The lowest BCUT2D eigenvalue weighted by molar-refractivity contribution is 0.446. The van der Waals surface area contributed by atoms with Gasteiger partial charge in [0.05, 0.1) is 4.47 Å². The van der Waals surface area contributed by atoms with Crippen molar-refractivity contribution in [2.24, 2.45) is 11.5 Å². The van der Waals surface area contributed by atoms with Gasteiger partial charge in [0.15, 0.2) is 0 Å². The van der Waals surface area contributed by atoms with E-state index in [9.17, 15) is 9.50 Å². The molecule has 1 aromatic carbocycles. The third kappa shape index (κ3) is 2.57. The van der Waals surface area contributed by atoms with Crippen LogP contribution in [-0.4, -0.2) is 11.7 Å². The second-order valence-corrected chi connectivity index (χ2v) is 3.49. The van der Waals surface area contributed by atoms with Gasteiger partial charge in [-0.25, -0.2) is 4.39 Å². The van der Waals surface area contributed by atoms with Crippen LogP contribution < -0.4 is 11.5 Å². The van der Waals surface area contributed by atoms with Gasteiger partial charge in [0.25, 0.3) is 0 Å². The highest BCUT2D eigenvalue weighted by Crippen LogP contribution is 2.32. The molecule has 3 nitrogen and oxygen atoms in total. The van der Waals surface area contributed by atoms with E-state index in [1.165, 1.54) is 12.1 Å². The van der Waals surface area contributed by atoms with Crippen molar-refractivity contribution in [3.63, 3.8) is 0 Å². The Hall–Kier alpha value is -0.360. The third-order valence-electron chi connectivity index (χ3n) is 1.74. The molecule has 14 heavy (non-hydrogen) atoms. The van der Waals surface area contributed by atoms with Crippen molar-refractivity contribution >= 4 is 28.3 Å². The molecule has 0 spiro atoms. The van der Waals surface area contributed by atoms with Gasteiger partial charge >= 0.3 is 0 Å². The average Bonchev–Trinajstić information content (AvgIpc) is 2.12. The average molecular weight is 286 g/mol. The molecular formula is C8H11BrClFN2O. The molecule has 1 atom stereocenters. The first-order valence-electron chi connectivity index (χ1n) is 3.70. The zero-order valence-corrected chi connectivity index (χ0v) is 9.61. The van der Waals surface area contributed by atoms with Crippen LogP contribution in [0.15, 0.2) is 16.6 Å². The molecule has 80 valence electrons. The summed E-state index contributed by atoms with van der Waals surface area (Å²) >= 11 is 3.06. The summed E-state index contributed by atoms with van der Waals surface area (Å²) < 4.78 is 13.6. The monoisotopic (exact) mass is 284 g/mol. The minimum Gasteiger partial charge on any atom is -0.506 e. The fourth-order valence-corrected chi connectivity index (χ4v) is 1.37. The lowest BCUT2D eigenvalue weighted by Crippen LogP contribution is -2.22. The minimum atomic E-state index is -0.683. The second-order valence-electron chi connectivity index (χ2n) is 2.63. The van der Waals surface area contributed by atoms with Crippen LogP contribution in [0.4, 0.5) is 4.39 Å². The Labute approximate surface area is 95.8 Å². The largest absolute Gasteiger partial charge is 0.506 e. The summed E-state index contributed by atoms with van der Waals surface area (Å²) in [6.45, 7) is 0.0843. The van der Waals surface area contributed by atoms with Gasteiger partial charge in [-0.3, -0.25) is 0 Å². The van der Waals surface area contributed by atoms with Crippen LogP contribution in [0.1, 0.15) is 11.6 Å². The van der Waals surface area contributed by atoms with Crippen molar-refractivity contribution in [2.75, 3.05) is 6.54 Å². The van der Waals surface area contributed by atoms with E-state index < -0.39 is 11.9 Å². The van der Waals surface area contributed by atoms with Crippen LogP contribution in [0.5, 0.6) is 5.75 Å². The van der Waals surface area contributed by atoms with Crippen molar-refractivity contribution in [3.8, 4) is 5.75 Å². The van der Waals surface area contributed by atoms with Crippen LogP contribution >= 0.6 is 28.3 Å². The lowest BCUT2D eigenvalue weighted by Gasteiger charge is -2.12.